The Morgan fingerprint density at radius 1 is 1.06 bits per heavy atom. The molecule has 4 aliphatic rings. The van der Waals surface area contributed by atoms with E-state index in [1.165, 1.54) is 48.8 Å². The maximum atomic E-state index is 12.1. The minimum absolute atomic E-state index is 0.0268. The number of allylic oxidation sites excluding steroid dienone is 4. The lowest BCUT2D eigenvalue weighted by molar-refractivity contribution is -0.112. The van der Waals surface area contributed by atoms with E-state index in [-0.39, 0.29) is 16.6 Å². The summed E-state index contributed by atoms with van der Waals surface area (Å²) in [5.41, 5.74) is 4.48. The molecule has 0 saturated heterocycles. The van der Waals surface area contributed by atoms with Gasteiger partial charge in [0.2, 0.25) is 0 Å². The molecule has 0 aliphatic heterocycles. The van der Waals surface area contributed by atoms with E-state index in [1.807, 2.05) is 18.2 Å². The van der Waals surface area contributed by atoms with Gasteiger partial charge in [-0.2, -0.15) is 0 Å². The van der Waals surface area contributed by atoms with Gasteiger partial charge in [-0.15, -0.1) is 0 Å². The Balaban J connectivity index is 1.31. The summed E-state index contributed by atoms with van der Waals surface area (Å²) in [5.74, 6) is 2.18. The third-order valence-corrected chi connectivity index (χ3v) is 10.3. The van der Waals surface area contributed by atoms with Gasteiger partial charge in [-0.3, -0.25) is 4.79 Å². The maximum Gasteiger partial charge on any atom is 0.178 e. The van der Waals surface area contributed by atoms with Crippen molar-refractivity contribution in [2.75, 3.05) is 6.61 Å². The Morgan fingerprint density at radius 2 is 1.84 bits per heavy atom. The van der Waals surface area contributed by atoms with Crippen LogP contribution in [0.1, 0.15) is 64.9 Å². The van der Waals surface area contributed by atoms with Crippen LogP contribution in [0.3, 0.4) is 0 Å². The Hall–Kier alpha value is -1.93. The second-order valence-electron chi connectivity index (χ2n) is 11.5. The number of carbonyl (C=O) groups excluding carboxylic acids is 1. The fourth-order valence-electron chi connectivity index (χ4n) is 8.18. The van der Waals surface area contributed by atoms with Gasteiger partial charge in [-0.25, -0.2) is 0 Å². The number of fused-ring (bicyclic) bond motifs is 5. The molecule has 4 unspecified atom stereocenters. The predicted octanol–water partition coefficient (Wildman–Crippen LogP) is 7.07. The average Bonchev–Trinajstić information content (AvgIpc) is 3.13. The summed E-state index contributed by atoms with van der Waals surface area (Å²) in [7, 11) is 0. The molecule has 0 aromatic heterocycles. The third kappa shape index (κ3) is 3.21. The van der Waals surface area contributed by atoms with E-state index in [2.05, 4.69) is 57.7 Å². The Kier molecular flexibility index (Phi) is 5.36. The lowest BCUT2D eigenvalue weighted by Crippen LogP contribution is -2.56. The van der Waals surface area contributed by atoms with Gasteiger partial charge in [0.15, 0.2) is 5.78 Å². The molecule has 6 atom stereocenters. The Morgan fingerprint density at radius 3 is 2.62 bits per heavy atom. The Labute approximate surface area is 193 Å². The number of ketones is 1. The van der Waals surface area contributed by atoms with Crippen molar-refractivity contribution < 1.29 is 9.53 Å². The van der Waals surface area contributed by atoms with Crippen molar-refractivity contribution in [2.45, 2.75) is 65.9 Å². The molecule has 0 N–H and O–H groups in total. The third-order valence-electron chi connectivity index (χ3n) is 10.3. The zero-order chi connectivity index (χ0) is 22.6. The summed E-state index contributed by atoms with van der Waals surface area (Å²) in [6, 6.07) is 10.4. The molecule has 1 aromatic rings. The lowest BCUT2D eigenvalue weighted by Gasteiger charge is -2.63. The van der Waals surface area contributed by atoms with Crippen molar-refractivity contribution in [3.8, 4) is 0 Å². The highest BCUT2D eigenvalue weighted by atomic mass is 16.5. The van der Waals surface area contributed by atoms with E-state index in [9.17, 15) is 4.79 Å². The summed E-state index contributed by atoms with van der Waals surface area (Å²) in [6.07, 6.45) is 13.3. The largest absolute Gasteiger partial charge is 0.372 e. The zero-order valence-electron chi connectivity index (χ0n) is 20.0. The van der Waals surface area contributed by atoms with Crippen LogP contribution in [0.4, 0.5) is 0 Å². The minimum atomic E-state index is 0.0268. The normalized spacial score (nSPS) is 40.3. The van der Waals surface area contributed by atoms with Crippen LogP contribution in [0, 0.1) is 34.0 Å². The zero-order valence-corrected chi connectivity index (χ0v) is 20.0. The molecule has 0 heterocycles. The molecule has 0 amide bonds. The maximum absolute atomic E-state index is 12.1. The van der Waals surface area contributed by atoms with E-state index in [0.717, 1.165) is 12.3 Å². The molecule has 4 aliphatic carbocycles. The molecule has 2 nitrogen and oxygen atoms in total. The molecular formula is C30H38O2. The first-order chi connectivity index (χ1) is 15.3. The summed E-state index contributed by atoms with van der Waals surface area (Å²) in [4.78, 5) is 12.1. The molecule has 5 rings (SSSR count). The highest BCUT2D eigenvalue weighted by molar-refractivity contribution is 6.01. The van der Waals surface area contributed by atoms with Crippen LogP contribution in [-0.4, -0.2) is 12.4 Å². The van der Waals surface area contributed by atoms with Crippen LogP contribution in [0.25, 0.3) is 0 Å². The summed E-state index contributed by atoms with van der Waals surface area (Å²) < 4.78 is 6.09. The Bertz CT molecular complexity index is 972. The molecule has 0 spiro atoms. The van der Waals surface area contributed by atoms with Crippen molar-refractivity contribution in [2.24, 2.45) is 34.0 Å². The smallest absolute Gasteiger partial charge is 0.178 e. The van der Waals surface area contributed by atoms with Gasteiger partial charge in [0.1, 0.15) is 0 Å². The quantitative estimate of drug-likeness (QED) is 0.467. The average molecular weight is 431 g/mol. The second-order valence-corrected chi connectivity index (χ2v) is 11.5. The lowest BCUT2D eigenvalue weighted by atomic mass is 9.41. The van der Waals surface area contributed by atoms with Crippen LogP contribution < -0.4 is 0 Å². The SMILES string of the molecule is C=C(COCc1ccccc1)C1CCC2C3CCC4=CC(=O)C=C[C@]4(C)C3(C)CC[C@]12C. The fraction of sp³-hybridized carbons (Fsp3) is 0.567. The van der Waals surface area contributed by atoms with Gasteiger partial charge in [-0.05, 0) is 90.4 Å². The van der Waals surface area contributed by atoms with Crippen molar-refractivity contribution in [3.63, 3.8) is 0 Å². The first-order valence-corrected chi connectivity index (χ1v) is 12.5. The standard InChI is InChI=1S/C30H38O2/c1-21(19-32-20-22-8-6-5-7-9-22)25-12-13-26-27-11-10-23-18-24(31)14-15-29(23,3)30(27,4)17-16-28(25,26)2/h5-9,14-15,18,25-27H,1,10-13,16-17,19-20H2,2-4H3/t25?,26?,27?,28-,29+,30?/m1/s1. The van der Waals surface area contributed by atoms with Gasteiger partial charge in [0, 0.05) is 5.41 Å². The first kappa shape index (κ1) is 21.9. The molecule has 3 saturated carbocycles. The minimum Gasteiger partial charge on any atom is -0.372 e. The topological polar surface area (TPSA) is 26.3 Å². The van der Waals surface area contributed by atoms with E-state index >= 15 is 0 Å². The van der Waals surface area contributed by atoms with Crippen molar-refractivity contribution in [1.29, 1.82) is 0 Å². The van der Waals surface area contributed by atoms with Crippen LogP contribution >= 0.6 is 0 Å². The summed E-state index contributed by atoms with van der Waals surface area (Å²) in [5, 5.41) is 0. The van der Waals surface area contributed by atoms with Gasteiger partial charge >= 0.3 is 0 Å². The van der Waals surface area contributed by atoms with Crippen molar-refractivity contribution in [3.05, 3.63) is 71.8 Å². The van der Waals surface area contributed by atoms with E-state index in [1.54, 1.807) is 0 Å². The van der Waals surface area contributed by atoms with E-state index in [0.29, 0.717) is 30.5 Å². The van der Waals surface area contributed by atoms with Gasteiger partial charge in [0.05, 0.1) is 13.2 Å². The number of rotatable bonds is 5. The van der Waals surface area contributed by atoms with Gasteiger partial charge in [0.25, 0.3) is 0 Å². The number of carbonyl (C=O) groups is 1. The van der Waals surface area contributed by atoms with E-state index in [4.69, 9.17) is 4.74 Å². The first-order valence-electron chi connectivity index (χ1n) is 12.5. The molecule has 170 valence electrons. The molecule has 2 heteroatoms. The monoisotopic (exact) mass is 430 g/mol. The fourth-order valence-corrected chi connectivity index (χ4v) is 8.18. The van der Waals surface area contributed by atoms with Crippen molar-refractivity contribution >= 4 is 5.78 Å². The number of hydrogen-bond acceptors (Lipinski definition) is 2. The van der Waals surface area contributed by atoms with Crippen LogP contribution in [0.15, 0.2) is 66.3 Å². The summed E-state index contributed by atoms with van der Waals surface area (Å²) >= 11 is 0. The molecule has 1 aromatic carbocycles. The predicted molar refractivity (Wildman–Crippen MR) is 130 cm³/mol. The molecule has 0 bridgehead atoms. The highest BCUT2D eigenvalue weighted by Gasteiger charge is 2.63. The van der Waals surface area contributed by atoms with Crippen LogP contribution in [-0.2, 0) is 16.1 Å². The van der Waals surface area contributed by atoms with Crippen LogP contribution in [0.2, 0.25) is 0 Å². The van der Waals surface area contributed by atoms with Crippen LogP contribution in [0.5, 0.6) is 0 Å². The molecule has 32 heavy (non-hydrogen) atoms. The number of hydrogen-bond donors (Lipinski definition) is 0. The molecular weight excluding hydrogens is 392 g/mol. The van der Waals surface area contributed by atoms with Gasteiger partial charge < -0.3 is 4.74 Å². The van der Waals surface area contributed by atoms with Gasteiger partial charge in [-0.1, -0.05) is 69.3 Å². The number of benzene rings is 1. The summed E-state index contributed by atoms with van der Waals surface area (Å²) in [6.45, 7) is 13.3. The molecule has 3 fully saturated rings. The van der Waals surface area contributed by atoms with Crippen molar-refractivity contribution in [1.82, 2.24) is 0 Å². The second kappa shape index (κ2) is 7.83. The number of ether oxygens (including phenoxy) is 1. The highest BCUT2D eigenvalue weighted by Crippen LogP contribution is 2.71. The molecule has 0 radical (unpaired) electrons. The van der Waals surface area contributed by atoms with E-state index < -0.39 is 0 Å².